The van der Waals surface area contributed by atoms with E-state index in [4.69, 9.17) is 4.42 Å². The number of likely N-dealkylation sites (tertiary alicyclic amines) is 1. The molecule has 3 nitrogen and oxygen atoms in total. The lowest BCUT2D eigenvalue weighted by Gasteiger charge is -2.26. The third-order valence-electron chi connectivity index (χ3n) is 3.43. The molecule has 0 radical (unpaired) electrons. The van der Waals surface area contributed by atoms with Gasteiger partial charge in [0, 0.05) is 23.6 Å². The van der Waals surface area contributed by atoms with Crippen molar-refractivity contribution in [2.45, 2.75) is 31.6 Å². The molecule has 1 aromatic heterocycles. The predicted octanol–water partition coefficient (Wildman–Crippen LogP) is 2.23. The average molecular weight is 237 g/mol. The number of carbonyl (C=O) groups excluding carboxylic acids is 1. The van der Waals surface area contributed by atoms with Gasteiger partial charge in [0.05, 0.1) is 5.56 Å². The molecule has 86 valence electrons. The van der Waals surface area contributed by atoms with Crippen LogP contribution in [0.4, 0.5) is 0 Å². The summed E-state index contributed by atoms with van der Waals surface area (Å²) in [5.41, 5.74) is 0.745. The number of amides is 1. The quantitative estimate of drug-likeness (QED) is 0.751. The van der Waals surface area contributed by atoms with Crippen LogP contribution in [0.3, 0.4) is 0 Å². The minimum Gasteiger partial charge on any atom is -0.466 e. The van der Waals surface area contributed by atoms with Crippen LogP contribution in [0.15, 0.2) is 10.5 Å². The van der Waals surface area contributed by atoms with Crippen LogP contribution in [0.1, 0.15) is 28.3 Å². The van der Waals surface area contributed by atoms with Gasteiger partial charge in [-0.2, -0.15) is 11.8 Å². The summed E-state index contributed by atoms with van der Waals surface area (Å²) in [6.45, 7) is 4.66. The number of fused-ring (bicyclic) bond motifs is 2. The summed E-state index contributed by atoms with van der Waals surface area (Å²) in [5, 5.41) is 0.669. The first-order chi connectivity index (χ1) is 7.65. The molecule has 0 spiro atoms. The topological polar surface area (TPSA) is 33.5 Å². The number of rotatable bonds is 1. The standard InChI is InChI=1S/C12H15NO2S/c1-7-3-11(8(2)15-7)12(14)13-5-10-4-9(13)6-16-10/h3,9-10H,4-6H2,1-2H3. The van der Waals surface area contributed by atoms with E-state index in [-0.39, 0.29) is 5.91 Å². The highest BCUT2D eigenvalue weighted by Gasteiger charge is 2.41. The Labute approximate surface area is 99.2 Å². The maximum atomic E-state index is 12.3. The lowest BCUT2D eigenvalue weighted by atomic mass is 10.2. The molecule has 4 heteroatoms. The monoisotopic (exact) mass is 237 g/mol. The Bertz CT molecular complexity index is 440. The molecule has 1 aromatic rings. The molecule has 2 aliphatic heterocycles. The Morgan fingerprint density at radius 3 is 2.88 bits per heavy atom. The molecule has 2 saturated heterocycles. The summed E-state index contributed by atoms with van der Waals surface area (Å²) in [4.78, 5) is 14.4. The van der Waals surface area contributed by atoms with Crippen LogP contribution in [-0.4, -0.2) is 34.4 Å². The smallest absolute Gasteiger partial charge is 0.257 e. The third-order valence-corrected chi connectivity index (χ3v) is 4.82. The van der Waals surface area contributed by atoms with Gasteiger partial charge < -0.3 is 9.32 Å². The van der Waals surface area contributed by atoms with Crippen molar-refractivity contribution in [2.24, 2.45) is 0 Å². The van der Waals surface area contributed by atoms with Gasteiger partial charge in [-0.1, -0.05) is 0 Å². The van der Waals surface area contributed by atoms with Crippen LogP contribution in [0, 0.1) is 13.8 Å². The summed E-state index contributed by atoms with van der Waals surface area (Å²) in [5.74, 6) is 2.83. The first-order valence-electron chi connectivity index (χ1n) is 5.65. The number of carbonyl (C=O) groups is 1. The summed E-state index contributed by atoms with van der Waals surface area (Å²) >= 11 is 2.00. The Kier molecular flexibility index (Phi) is 2.28. The Morgan fingerprint density at radius 1 is 1.56 bits per heavy atom. The molecular formula is C12H15NO2S. The molecule has 0 N–H and O–H groups in total. The van der Waals surface area contributed by atoms with Gasteiger partial charge in [-0.05, 0) is 26.3 Å². The van der Waals surface area contributed by atoms with E-state index in [0.29, 0.717) is 11.3 Å². The fraction of sp³-hybridized carbons (Fsp3) is 0.583. The number of hydrogen-bond acceptors (Lipinski definition) is 3. The fourth-order valence-corrected chi connectivity index (χ4v) is 4.08. The van der Waals surface area contributed by atoms with Gasteiger partial charge in [0.25, 0.3) is 5.91 Å². The summed E-state index contributed by atoms with van der Waals surface area (Å²) in [7, 11) is 0. The van der Waals surface area contributed by atoms with E-state index in [0.717, 1.165) is 29.4 Å². The van der Waals surface area contributed by atoms with Gasteiger partial charge in [0.15, 0.2) is 0 Å². The van der Waals surface area contributed by atoms with Crippen molar-refractivity contribution in [1.82, 2.24) is 4.90 Å². The van der Waals surface area contributed by atoms with Gasteiger partial charge in [0.1, 0.15) is 11.5 Å². The summed E-state index contributed by atoms with van der Waals surface area (Å²) in [6, 6.07) is 2.31. The zero-order valence-electron chi connectivity index (χ0n) is 9.53. The highest BCUT2D eigenvalue weighted by Crippen LogP contribution is 2.38. The molecule has 2 atom stereocenters. The highest BCUT2D eigenvalue weighted by molar-refractivity contribution is 8.00. The van der Waals surface area contributed by atoms with E-state index < -0.39 is 0 Å². The summed E-state index contributed by atoms with van der Waals surface area (Å²) in [6.07, 6.45) is 1.17. The maximum Gasteiger partial charge on any atom is 0.257 e. The lowest BCUT2D eigenvalue weighted by Crippen LogP contribution is -2.39. The van der Waals surface area contributed by atoms with Crippen molar-refractivity contribution >= 4 is 17.7 Å². The Morgan fingerprint density at radius 2 is 2.38 bits per heavy atom. The molecule has 3 rings (SSSR count). The predicted molar refractivity (Wildman–Crippen MR) is 63.9 cm³/mol. The van der Waals surface area contributed by atoms with Crippen molar-refractivity contribution < 1.29 is 9.21 Å². The van der Waals surface area contributed by atoms with Gasteiger partial charge in [-0.3, -0.25) is 4.79 Å². The van der Waals surface area contributed by atoms with E-state index in [1.807, 2.05) is 36.6 Å². The lowest BCUT2D eigenvalue weighted by molar-refractivity contribution is 0.0746. The van der Waals surface area contributed by atoms with Crippen molar-refractivity contribution in [3.63, 3.8) is 0 Å². The van der Waals surface area contributed by atoms with Crippen LogP contribution in [-0.2, 0) is 0 Å². The van der Waals surface area contributed by atoms with E-state index in [1.165, 1.54) is 6.42 Å². The van der Waals surface area contributed by atoms with Crippen LogP contribution in [0.25, 0.3) is 0 Å². The molecule has 2 unspecified atom stereocenters. The maximum absolute atomic E-state index is 12.3. The van der Waals surface area contributed by atoms with E-state index >= 15 is 0 Å². The Balaban J connectivity index is 1.86. The second-order valence-corrected chi connectivity index (χ2v) is 5.96. The number of furan rings is 1. The molecule has 0 aliphatic carbocycles. The van der Waals surface area contributed by atoms with Crippen LogP contribution >= 0.6 is 11.8 Å². The SMILES string of the molecule is Cc1cc(C(=O)N2CC3CC2CS3)c(C)o1. The highest BCUT2D eigenvalue weighted by atomic mass is 32.2. The minimum absolute atomic E-state index is 0.155. The minimum atomic E-state index is 0.155. The zero-order chi connectivity index (χ0) is 11.3. The van der Waals surface area contributed by atoms with Crippen molar-refractivity contribution in [3.05, 3.63) is 23.2 Å². The first kappa shape index (κ1) is 10.3. The average Bonchev–Trinajstić information content (AvgIpc) is 2.91. The van der Waals surface area contributed by atoms with Crippen molar-refractivity contribution in [2.75, 3.05) is 12.3 Å². The summed E-state index contributed by atoms with van der Waals surface area (Å²) < 4.78 is 5.42. The van der Waals surface area contributed by atoms with Crippen LogP contribution in [0.5, 0.6) is 0 Å². The fourth-order valence-electron chi connectivity index (χ4n) is 2.65. The van der Waals surface area contributed by atoms with Crippen molar-refractivity contribution in [3.8, 4) is 0 Å². The molecule has 0 aromatic carbocycles. The Hall–Kier alpha value is -0.900. The van der Waals surface area contributed by atoms with Gasteiger partial charge in [0.2, 0.25) is 0 Å². The van der Waals surface area contributed by atoms with Gasteiger partial charge >= 0.3 is 0 Å². The molecule has 1 amide bonds. The third kappa shape index (κ3) is 1.47. The largest absolute Gasteiger partial charge is 0.466 e. The second-order valence-electron chi connectivity index (χ2n) is 4.63. The van der Waals surface area contributed by atoms with Gasteiger partial charge in [-0.15, -0.1) is 0 Å². The number of thioether (sulfide) groups is 1. The molecule has 2 fully saturated rings. The number of aryl methyl sites for hydroxylation is 2. The molecule has 2 bridgehead atoms. The molecule has 3 heterocycles. The molecular weight excluding hydrogens is 222 g/mol. The zero-order valence-corrected chi connectivity index (χ0v) is 10.3. The first-order valence-corrected chi connectivity index (χ1v) is 6.69. The number of nitrogens with zero attached hydrogens (tertiary/aromatic N) is 1. The van der Waals surface area contributed by atoms with Crippen molar-refractivity contribution in [1.29, 1.82) is 0 Å². The second kappa shape index (κ2) is 3.55. The van der Waals surface area contributed by atoms with E-state index in [2.05, 4.69) is 0 Å². The molecule has 16 heavy (non-hydrogen) atoms. The van der Waals surface area contributed by atoms with Crippen LogP contribution < -0.4 is 0 Å². The van der Waals surface area contributed by atoms with E-state index in [9.17, 15) is 4.79 Å². The normalized spacial score (nSPS) is 27.8. The van der Waals surface area contributed by atoms with Gasteiger partial charge in [-0.25, -0.2) is 0 Å². The van der Waals surface area contributed by atoms with E-state index in [1.54, 1.807) is 0 Å². The number of hydrogen-bond donors (Lipinski definition) is 0. The molecule has 0 saturated carbocycles. The molecule has 2 aliphatic rings. The van der Waals surface area contributed by atoms with Crippen LogP contribution in [0.2, 0.25) is 0 Å².